The maximum atomic E-state index is 11.2. The van der Waals surface area contributed by atoms with E-state index in [1.54, 1.807) is 24.1 Å². The quantitative estimate of drug-likeness (QED) is 0.851. The summed E-state index contributed by atoms with van der Waals surface area (Å²) in [7, 11) is -1.42. The standard InChI is InChI=1S/C11H15NO4S/c1-12(8-7-11(13)14)9-3-5-10(6-4-9)17(2,15)16/h3-6H,7-8H2,1-2H3,(H,13,14). The number of carbonyl (C=O) groups is 1. The van der Waals surface area contributed by atoms with Crippen molar-refractivity contribution >= 4 is 21.5 Å². The van der Waals surface area contributed by atoms with Crippen LogP contribution in [0.4, 0.5) is 5.69 Å². The van der Waals surface area contributed by atoms with Gasteiger partial charge >= 0.3 is 5.97 Å². The molecule has 1 aromatic rings. The highest BCUT2D eigenvalue weighted by Crippen LogP contribution is 2.16. The van der Waals surface area contributed by atoms with Gasteiger partial charge in [0.1, 0.15) is 0 Å². The third-order valence-electron chi connectivity index (χ3n) is 2.37. The second-order valence-electron chi connectivity index (χ2n) is 3.83. The molecule has 0 aromatic heterocycles. The first-order chi connectivity index (χ1) is 7.80. The third-order valence-corrected chi connectivity index (χ3v) is 3.50. The molecule has 0 atom stereocenters. The maximum Gasteiger partial charge on any atom is 0.305 e. The molecule has 5 nitrogen and oxygen atoms in total. The molecular formula is C11H15NO4S. The summed E-state index contributed by atoms with van der Waals surface area (Å²) in [6.45, 7) is 0.382. The van der Waals surface area contributed by atoms with E-state index in [9.17, 15) is 13.2 Å². The predicted octanol–water partition coefficient (Wildman–Crippen LogP) is 1.00. The zero-order valence-corrected chi connectivity index (χ0v) is 10.6. The molecule has 1 rings (SSSR count). The van der Waals surface area contributed by atoms with Crippen LogP contribution in [0.5, 0.6) is 0 Å². The molecule has 0 radical (unpaired) electrons. The van der Waals surface area contributed by atoms with Crippen molar-refractivity contribution in [1.29, 1.82) is 0 Å². The van der Waals surface area contributed by atoms with Gasteiger partial charge in [-0.05, 0) is 24.3 Å². The molecule has 0 aliphatic heterocycles. The van der Waals surface area contributed by atoms with Gasteiger partial charge in [-0.2, -0.15) is 0 Å². The average molecular weight is 257 g/mol. The van der Waals surface area contributed by atoms with Gasteiger partial charge in [0.15, 0.2) is 9.84 Å². The molecule has 0 heterocycles. The van der Waals surface area contributed by atoms with Gasteiger partial charge in [0, 0.05) is 25.5 Å². The van der Waals surface area contributed by atoms with Crippen molar-refractivity contribution in [3.63, 3.8) is 0 Å². The van der Waals surface area contributed by atoms with Crippen molar-refractivity contribution in [3.05, 3.63) is 24.3 Å². The van der Waals surface area contributed by atoms with E-state index >= 15 is 0 Å². The number of aliphatic carboxylic acids is 1. The number of carboxylic acids is 1. The molecule has 0 fully saturated rings. The van der Waals surface area contributed by atoms with E-state index in [2.05, 4.69) is 0 Å². The molecule has 0 saturated carbocycles. The summed E-state index contributed by atoms with van der Waals surface area (Å²) in [4.78, 5) is 12.4. The summed E-state index contributed by atoms with van der Waals surface area (Å²) in [6, 6.07) is 6.36. The van der Waals surface area contributed by atoms with E-state index < -0.39 is 15.8 Å². The van der Waals surface area contributed by atoms with Gasteiger partial charge in [0.2, 0.25) is 0 Å². The fraction of sp³-hybridized carbons (Fsp3) is 0.364. The normalized spacial score (nSPS) is 11.2. The first-order valence-electron chi connectivity index (χ1n) is 5.04. The Morgan fingerprint density at radius 3 is 2.24 bits per heavy atom. The van der Waals surface area contributed by atoms with Crippen LogP contribution in [-0.4, -0.2) is 39.3 Å². The highest BCUT2D eigenvalue weighted by atomic mass is 32.2. The number of hydrogen-bond acceptors (Lipinski definition) is 4. The van der Waals surface area contributed by atoms with Crippen LogP contribution >= 0.6 is 0 Å². The molecule has 0 unspecified atom stereocenters. The van der Waals surface area contributed by atoms with Crippen LogP contribution in [0.2, 0.25) is 0 Å². The number of carboxylic acid groups (broad SMARTS) is 1. The Bertz CT molecular complexity index is 493. The van der Waals surface area contributed by atoms with Crippen LogP contribution in [0.1, 0.15) is 6.42 Å². The smallest absolute Gasteiger partial charge is 0.305 e. The molecule has 6 heteroatoms. The molecule has 94 valence electrons. The van der Waals surface area contributed by atoms with Gasteiger partial charge in [-0.15, -0.1) is 0 Å². The van der Waals surface area contributed by atoms with E-state index in [0.29, 0.717) is 6.54 Å². The highest BCUT2D eigenvalue weighted by Gasteiger charge is 2.08. The lowest BCUT2D eigenvalue weighted by Gasteiger charge is -2.18. The summed E-state index contributed by atoms with van der Waals surface area (Å²) < 4.78 is 22.5. The van der Waals surface area contributed by atoms with Gasteiger partial charge in [-0.3, -0.25) is 4.79 Å². The predicted molar refractivity (Wildman–Crippen MR) is 65.1 cm³/mol. The van der Waals surface area contributed by atoms with Crippen LogP contribution < -0.4 is 4.90 Å². The monoisotopic (exact) mass is 257 g/mol. The van der Waals surface area contributed by atoms with Crippen molar-refractivity contribution < 1.29 is 18.3 Å². The average Bonchev–Trinajstić information content (AvgIpc) is 2.25. The molecule has 0 saturated heterocycles. The molecule has 0 aliphatic rings. The molecular weight excluding hydrogens is 242 g/mol. The van der Waals surface area contributed by atoms with Gasteiger partial charge in [0.25, 0.3) is 0 Å². The van der Waals surface area contributed by atoms with Crippen molar-refractivity contribution in [2.45, 2.75) is 11.3 Å². The SMILES string of the molecule is CN(CCC(=O)O)c1ccc(S(C)(=O)=O)cc1. The Hall–Kier alpha value is -1.56. The van der Waals surface area contributed by atoms with Gasteiger partial charge < -0.3 is 10.0 Å². The van der Waals surface area contributed by atoms with Crippen molar-refractivity contribution in [2.24, 2.45) is 0 Å². The number of sulfone groups is 1. The minimum atomic E-state index is -3.18. The number of rotatable bonds is 5. The Morgan fingerprint density at radius 2 is 1.82 bits per heavy atom. The number of anilines is 1. The summed E-state index contributed by atoms with van der Waals surface area (Å²) in [5.41, 5.74) is 0.790. The van der Waals surface area contributed by atoms with E-state index in [1.165, 1.54) is 12.1 Å². The van der Waals surface area contributed by atoms with E-state index in [4.69, 9.17) is 5.11 Å². The fourth-order valence-electron chi connectivity index (χ4n) is 1.34. The van der Waals surface area contributed by atoms with Crippen LogP contribution in [0.3, 0.4) is 0 Å². The lowest BCUT2D eigenvalue weighted by atomic mass is 10.3. The molecule has 0 bridgehead atoms. The van der Waals surface area contributed by atoms with E-state index in [0.717, 1.165) is 11.9 Å². The first kappa shape index (κ1) is 13.5. The lowest BCUT2D eigenvalue weighted by molar-refractivity contribution is -0.136. The van der Waals surface area contributed by atoms with Crippen LogP contribution in [0.25, 0.3) is 0 Å². The third kappa shape index (κ3) is 4.07. The minimum Gasteiger partial charge on any atom is -0.481 e. The number of nitrogens with zero attached hydrogens (tertiary/aromatic N) is 1. The largest absolute Gasteiger partial charge is 0.481 e. The summed E-state index contributed by atoms with van der Waals surface area (Å²) in [5.74, 6) is -0.857. The first-order valence-corrected chi connectivity index (χ1v) is 6.93. The van der Waals surface area contributed by atoms with Gasteiger partial charge in [-0.25, -0.2) is 8.42 Å². The Kier molecular flexibility index (Phi) is 4.11. The lowest BCUT2D eigenvalue weighted by Crippen LogP contribution is -2.20. The van der Waals surface area contributed by atoms with Crippen molar-refractivity contribution in [2.75, 3.05) is 24.7 Å². The second kappa shape index (κ2) is 5.18. The van der Waals surface area contributed by atoms with Crippen molar-refractivity contribution in [3.8, 4) is 0 Å². The molecule has 1 N–H and O–H groups in total. The van der Waals surface area contributed by atoms with E-state index in [1.807, 2.05) is 0 Å². The second-order valence-corrected chi connectivity index (χ2v) is 5.85. The Morgan fingerprint density at radius 1 is 1.29 bits per heavy atom. The minimum absolute atomic E-state index is 0.0460. The number of benzene rings is 1. The molecule has 0 spiro atoms. The summed E-state index contributed by atoms with van der Waals surface area (Å²) in [5, 5.41) is 8.55. The molecule has 0 aliphatic carbocycles. The van der Waals surface area contributed by atoms with Crippen LogP contribution in [-0.2, 0) is 14.6 Å². The van der Waals surface area contributed by atoms with Gasteiger partial charge in [-0.1, -0.05) is 0 Å². The fourth-order valence-corrected chi connectivity index (χ4v) is 1.97. The number of hydrogen-bond donors (Lipinski definition) is 1. The van der Waals surface area contributed by atoms with Crippen LogP contribution in [0.15, 0.2) is 29.2 Å². The zero-order valence-electron chi connectivity index (χ0n) is 9.75. The Labute approximate surface area is 101 Å². The zero-order chi connectivity index (χ0) is 13.1. The topological polar surface area (TPSA) is 74.7 Å². The van der Waals surface area contributed by atoms with Gasteiger partial charge in [0.05, 0.1) is 11.3 Å². The maximum absolute atomic E-state index is 11.2. The summed E-state index contributed by atoms with van der Waals surface area (Å²) in [6.07, 6.45) is 1.19. The molecule has 17 heavy (non-hydrogen) atoms. The highest BCUT2D eigenvalue weighted by molar-refractivity contribution is 7.90. The van der Waals surface area contributed by atoms with Crippen LogP contribution in [0, 0.1) is 0 Å². The molecule has 0 amide bonds. The van der Waals surface area contributed by atoms with Crippen molar-refractivity contribution in [1.82, 2.24) is 0 Å². The van der Waals surface area contributed by atoms with E-state index in [-0.39, 0.29) is 11.3 Å². The molecule has 1 aromatic carbocycles. The summed E-state index contributed by atoms with van der Waals surface area (Å²) >= 11 is 0. The Balaban J connectivity index is 2.77.